The van der Waals surface area contributed by atoms with E-state index < -0.39 is 0 Å². The van der Waals surface area contributed by atoms with Crippen molar-refractivity contribution in [1.82, 2.24) is 5.32 Å². The topological polar surface area (TPSA) is 21.3 Å². The van der Waals surface area contributed by atoms with E-state index in [2.05, 4.69) is 49.5 Å². The molecule has 2 nitrogen and oxygen atoms in total. The van der Waals surface area contributed by atoms with Crippen LogP contribution in [0.25, 0.3) is 0 Å². The second-order valence-electron chi connectivity index (χ2n) is 5.21. The average Bonchev–Trinajstić information content (AvgIpc) is 2.81. The van der Waals surface area contributed by atoms with Crippen molar-refractivity contribution in [1.29, 1.82) is 0 Å². The van der Waals surface area contributed by atoms with E-state index in [0.29, 0.717) is 6.04 Å². The number of para-hydroxylation sites is 1. The smallest absolute Gasteiger partial charge is 0.124 e. The van der Waals surface area contributed by atoms with Crippen molar-refractivity contribution in [2.75, 3.05) is 6.61 Å². The first-order chi connectivity index (χ1) is 9.24. The maximum Gasteiger partial charge on any atom is 0.124 e. The predicted molar refractivity (Wildman–Crippen MR) is 77.4 cm³/mol. The summed E-state index contributed by atoms with van der Waals surface area (Å²) in [5.41, 5.74) is 5.29. The third kappa shape index (κ3) is 2.49. The second-order valence-corrected chi connectivity index (χ2v) is 5.21. The number of fused-ring (bicyclic) bond motifs is 1. The zero-order valence-corrected chi connectivity index (χ0v) is 11.4. The van der Waals surface area contributed by atoms with Crippen LogP contribution in [0.5, 0.6) is 5.75 Å². The van der Waals surface area contributed by atoms with Gasteiger partial charge in [0.2, 0.25) is 0 Å². The Labute approximate surface area is 114 Å². The van der Waals surface area contributed by atoms with Crippen molar-refractivity contribution < 1.29 is 4.74 Å². The van der Waals surface area contributed by atoms with E-state index in [1.165, 1.54) is 22.3 Å². The van der Waals surface area contributed by atoms with Crippen molar-refractivity contribution in [3.05, 3.63) is 64.7 Å². The molecule has 3 rings (SSSR count). The fourth-order valence-corrected chi connectivity index (χ4v) is 2.61. The Hall–Kier alpha value is -1.80. The molecular formula is C17H19NO. The molecule has 0 spiro atoms. The highest BCUT2D eigenvalue weighted by molar-refractivity contribution is 5.39. The Kier molecular flexibility index (Phi) is 3.26. The summed E-state index contributed by atoms with van der Waals surface area (Å²) in [5.74, 6) is 1.01. The molecule has 19 heavy (non-hydrogen) atoms. The molecule has 0 fully saturated rings. The maximum atomic E-state index is 5.69. The van der Waals surface area contributed by atoms with Gasteiger partial charge in [-0.25, -0.2) is 0 Å². The summed E-state index contributed by atoms with van der Waals surface area (Å²) in [7, 11) is 0. The van der Waals surface area contributed by atoms with Crippen LogP contribution in [0.4, 0.5) is 0 Å². The molecule has 0 aliphatic carbocycles. The zero-order valence-electron chi connectivity index (χ0n) is 11.4. The maximum absolute atomic E-state index is 5.69. The van der Waals surface area contributed by atoms with Crippen LogP contribution in [-0.2, 0) is 6.54 Å². The van der Waals surface area contributed by atoms with Crippen molar-refractivity contribution in [2.45, 2.75) is 26.4 Å². The predicted octanol–water partition coefficient (Wildman–Crippen LogP) is 3.53. The van der Waals surface area contributed by atoms with E-state index in [1.54, 1.807) is 0 Å². The summed E-state index contributed by atoms with van der Waals surface area (Å²) in [4.78, 5) is 0. The molecule has 0 saturated heterocycles. The molecule has 0 amide bonds. The van der Waals surface area contributed by atoms with Gasteiger partial charge in [0.1, 0.15) is 12.4 Å². The van der Waals surface area contributed by atoms with Crippen LogP contribution in [0.2, 0.25) is 0 Å². The molecule has 1 aliphatic rings. The van der Waals surface area contributed by atoms with Crippen molar-refractivity contribution >= 4 is 0 Å². The number of benzene rings is 2. The summed E-state index contributed by atoms with van der Waals surface area (Å²) >= 11 is 0. The van der Waals surface area contributed by atoms with Gasteiger partial charge in [0.25, 0.3) is 0 Å². The van der Waals surface area contributed by atoms with Crippen LogP contribution in [0, 0.1) is 13.8 Å². The minimum absolute atomic E-state index is 0.303. The number of hydrogen-bond donors (Lipinski definition) is 1. The second kappa shape index (κ2) is 5.06. The van der Waals surface area contributed by atoms with Crippen molar-refractivity contribution in [3.8, 4) is 5.75 Å². The lowest BCUT2D eigenvalue weighted by Crippen LogP contribution is -2.22. The van der Waals surface area contributed by atoms with Gasteiger partial charge in [-0.15, -0.1) is 0 Å². The molecule has 0 bridgehead atoms. The first-order valence-corrected chi connectivity index (χ1v) is 6.75. The molecule has 1 N–H and O–H groups in total. The lowest BCUT2D eigenvalue weighted by Gasteiger charge is -2.13. The summed E-state index contributed by atoms with van der Waals surface area (Å²) in [6.45, 7) is 5.91. The number of ether oxygens (including phenoxy) is 1. The first-order valence-electron chi connectivity index (χ1n) is 6.75. The molecule has 98 valence electrons. The monoisotopic (exact) mass is 253 g/mol. The van der Waals surface area contributed by atoms with Crippen LogP contribution in [-0.4, -0.2) is 6.61 Å². The molecule has 2 heteroatoms. The van der Waals surface area contributed by atoms with Gasteiger partial charge < -0.3 is 10.1 Å². The van der Waals surface area contributed by atoms with Crippen LogP contribution in [0.1, 0.15) is 28.3 Å². The van der Waals surface area contributed by atoms with E-state index in [-0.39, 0.29) is 0 Å². The Morgan fingerprint density at radius 2 is 2.00 bits per heavy atom. The molecule has 1 unspecified atom stereocenters. The minimum Gasteiger partial charge on any atom is -0.491 e. The molecule has 2 aromatic carbocycles. The van der Waals surface area contributed by atoms with Crippen LogP contribution >= 0.6 is 0 Å². The highest BCUT2D eigenvalue weighted by Crippen LogP contribution is 2.31. The van der Waals surface area contributed by atoms with Crippen LogP contribution < -0.4 is 10.1 Å². The lowest BCUT2D eigenvalue weighted by molar-refractivity contribution is 0.310. The molecule has 1 atom stereocenters. The highest BCUT2D eigenvalue weighted by atomic mass is 16.5. The summed E-state index contributed by atoms with van der Waals surface area (Å²) < 4.78 is 5.69. The lowest BCUT2D eigenvalue weighted by atomic mass is 10.0. The van der Waals surface area contributed by atoms with Crippen LogP contribution in [0.15, 0.2) is 42.5 Å². The first kappa shape index (κ1) is 12.2. The van der Waals surface area contributed by atoms with Gasteiger partial charge in [0.15, 0.2) is 0 Å². The number of nitrogens with one attached hydrogen (secondary N) is 1. The Bertz CT molecular complexity index is 592. The third-order valence-electron chi connectivity index (χ3n) is 3.74. The molecule has 0 aromatic heterocycles. The Morgan fingerprint density at radius 1 is 1.16 bits per heavy atom. The molecule has 1 aliphatic heterocycles. The van der Waals surface area contributed by atoms with Gasteiger partial charge in [0.05, 0.1) is 6.04 Å². The Morgan fingerprint density at radius 3 is 2.84 bits per heavy atom. The Balaban J connectivity index is 1.71. The summed E-state index contributed by atoms with van der Waals surface area (Å²) in [5, 5.41) is 3.59. The number of hydrogen-bond acceptors (Lipinski definition) is 2. The average molecular weight is 253 g/mol. The molecule has 2 aromatic rings. The largest absolute Gasteiger partial charge is 0.491 e. The van der Waals surface area contributed by atoms with Gasteiger partial charge in [0, 0.05) is 12.1 Å². The molecule has 0 radical (unpaired) electrons. The van der Waals surface area contributed by atoms with Gasteiger partial charge in [-0.05, 0) is 31.0 Å². The molecular weight excluding hydrogens is 234 g/mol. The van der Waals surface area contributed by atoms with Crippen molar-refractivity contribution in [2.24, 2.45) is 0 Å². The van der Waals surface area contributed by atoms with Gasteiger partial charge in [-0.1, -0.05) is 42.0 Å². The van der Waals surface area contributed by atoms with E-state index in [0.717, 1.165) is 18.9 Å². The quantitative estimate of drug-likeness (QED) is 0.903. The fourth-order valence-electron chi connectivity index (χ4n) is 2.61. The normalized spacial score (nSPS) is 17.1. The van der Waals surface area contributed by atoms with E-state index >= 15 is 0 Å². The highest BCUT2D eigenvalue weighted by Gasteiger charge is 2.22. The fraction of sp³-hybridized carbons (Fsp3) is 0.294. The minimum atomic E-state index is 0.303. The summed E-state index contributed by atoms with van der Waals surface area (Å²) in [6.07, 6.45) is 0. The standard InChI is InChI=1S/C17H19NO/c1-12-7-8-14(13(2)9-12)10-18-16-11-19-17-6-4-3-5-15(16)17/h3-9,16,18H,10-11H2,1-2H3. The van der Waals surface area contributed by atoms with E-state index in [1.807, 2.05) is 12.1 Å². The van der Waals surface area contributed by atoms with E-state index in [4.69, 9.17) is 4.74 Å². The van der Waals surface area contributed by atoms with Crippen molar-refractivity contribution in [3.63, 3.8) is 0 Å². The molecule has 0 saturated carbocycles. The zero-order chi connectivity index (χ0) is 13.2. The van der Waals surface area contributed by atoms with Gasteiger partial charge >= 0.3 is 0 Å². The van der Waals surface area contributed by atoms with Crippen LogP contribution in [0.3, 0.4) is 0 Å². The van der Waals surface area contributed by atoms with E-state index in [9.17, 15) is 0 Å². The third-order valence-corrected chi connectivity index (χ3v) is 3.74. The number of rotatable bonds is 3. The van der Waals surface area contributed by atoms with Gasteiger partial charge in [-0.2, -0.15) is 0 Å². The summed E-state index contributed by atoms with van der Waals surface area (Å²) in [6, 6.07) is 15.2. The number of aryl methyl sites for hydroxylation is 2. The SMILES string of the molecule is Cc1ccc(CNC2COc3ccccc32)c(C)c1. The van der Waals surface area contributed by atoms with Gasteiger partial charge in [-0.3, -0.25) is 0 Å². The molecule has 1 heterocycles.